The SMILES string of the molecule is C1=CCC=CC(C(C2=CC3CC3C=CC2)(c2ccccc2)c2ccccc2)=C1. The van der Waals surface area contributed by atoms with E-state index >= 15 is 0 Å². The van der Waals surface area contributed by atoms with Crippen LogP contribution < -0.4 is 0 Å². The van der Waals surface area contributed by atoms with Crippen LogP contribution >= 0.6 is 0 Å². The fourth-order valence-electron chi connectivity index (χ4n) is 4.88. The van der Waals surface area contributed by atoms with Crippen molar-refractivity contribution in [3.63, 3.8) is 0 Å². The van der Waals surface area contributed by atoms with Gasteiger partial charge in [-0.2, -0.15) is 0 Å². The van der Waals surface area contributed by atoms with Crippen molar-refractivity contribution < 1.29 is 0 Å². The highest BCUT2D eigenvalue weighted by Crippen LogP contribution is 2.52. The molecule has 0 amide bonds. The van der Waals surface area contributed by atoms with Gasteiger partial charge in [-0.3, -0.25) is 0 Å². The Balaban J connectivity index is 1.83. The highest BCUT2D eigenvalue weighted by Gasteiger charge is 2.43. The van der Waals surface area contributed by atoms with Crippen molar-refractivity contribution in [3.05, 3.63) is 132 Å². The predicted molar refractivity (Wildman–Crippen MR) is 118 cm³/mol. The number of benzene rings is 2. The van der Waals surface area contributed by atoms with E-state index in [9.17, 15) is 0 Å². The van der Waals surface area contributed by atoms with E-state index in [4.69, 9.17) is 0 Å². The van der Waals surface area contributed by atoms with Gasteiger partial charge >= 0.3 is 0 Å². The third-order valence-electron chi connectivity index (χ3n) is 6.34. The van der Waals surface area contributed by atoms with Gasteiger partial charge in [0.05, 0.1) is 5.41 Å². The fourth-order valence-corrected chi connectivity index (χ4v) is 4.88. The molecule has 1 fully saturated rings. The van der Waals surface area contributed by atoms with E-state index < -0.39 is 0 Å². The molecule has 0 radical (unpaired) electrons. The molecule has 3 aliphatic carbocycles. The molecule has 0 N–H and O–H groups in total. The lowest BCUT2D eigenvalue weighted by atomic mass is 9.63. The van der Waals surface area contributed by atoms with Crippen LogP contribution in [-0.2, 0) is 5.41 Å². The van der Waals surface area contributed by atoms with Crippen molar-refractivity contribution in [2.45, 2.75) is 24.7 Å². The van der Waals surface area contributed by atoms with E-state index in [0.717, 1.165) is 18.8 Å². The third kappa shape index (κ3) is 2.94. The van der Waals surface area contributed by atoms with Crippen LogP contribution in [0.15, 0.2) is 120 Å². The van der Waals surface area contributed by atoms with Gasteiger partial charge in [0.25, 0.3) is 0 Å². The summed E-state index contributed by atoms with van der Waals surface area (Å²) in [5.41, 5.74) is 5.32. The predicted octanol–water partition coefficient (Wildman–Crippen LogP) is 6.94. The van der Waals surface area contributed by atoms with Gasteiger partial charge in [-0.15, -0.1) is 0 Å². The van der Waals surface area contributed by atoms with Gasteiger partial charge in [0, 0.05) is 0 Å². The first-order chi connectivity index (χ1) is 13.9. The van der Waals surface area contributed by atoms with Gasteiger partial charge in [0.15, 0.2) is 0 Å². The van der Waals surface area contributed by atoms with Gasteiger partial charge in [0.1, 0.15) is 0 Å². The molecule has 0 heterocycles. The molecule has 0 spiro atoms. The molecule has 2 unspecified atom stereocenters. The number of rotatable bonds is 4. The summed E-state index contributed by atoms with van der Waals surface area (Å²) < 4.78 is 0. The Bertz CT molecular complexity index is 943. The first-order valence-electron chi connectivity index (χ1n) is 10.4. The molecule has 0 aliphatic heterocycles. The van der Waals surface area contributed by atoms with Gasteiger partial charge in [-0.1, -0.05) is 115 Å². The normalized spacial score (nSPS) is 23.3. The van der Waals surface area contributed by atoms with Crippen molar-refractivity contribution in [3.8, 4) is 0 Å². The van der Waals surface area contributed by atoms with Gasteiger partial charge in [-0.05, 0) is 47.8 Å². The lowest BCUT2D eigenvalue weighted by Crippen LogP contribution is -2.32. The quantitative estimate of drug-likeness (QED) is 0.517. The van der Waals surface area contributed by atoms with Crippen LogP contribution in [-0.4, -0.2) is 0 Å². The van der Waals surface area contributed by atoms with Crippen LogP contribution in [0.2, 0.25) is 0 Å². The summed E-state index contributed by atoms with van der Waals surface area (Å²) in [6, 6.07) is 22.2. The number of hydrogen-bond donors (Lipinski definition) is 0. The summed E-state index contributed by atoms with van der Waals surface area (Å²) in [6.07, 6.45) is 22.2. The summed E-state index contributed by atoms with van der Waals surface area (Å²) in [4.78, 5) is 0. The van der Waals surface area contributed by atoms with Crippen molar-refractivity contribution in [2.75, 3.05) is 0 Å². The van der Waals surface area contributed by atoms with E-state index in [-0.39, 0.29) is 5.41 Å². The second-order valence-electron chi connectivity index (χ2n) is 8.06. The Morgan fingerprint density at radius 2 is 1.46 bits per heavy atom. The Kier molecular flexibility index (Phi) is 4.49. The van der Waals surface area contributed by atoms with Crippen molar-refractivity contribution >= 4 is 0 Å². The van der Waals surface area contributed by atoms with Crippen molar-refractivity contribution in [2.24, 2.45) is 11.8 Å². The standard InChI is InChI=1S/C28H26/c1-2-6-14-24(13-5-1)28(25-15-7-3-8-16-25,26-17-9-4-10-18-26)27-19-11-12-22-20-23(22)21-27/h1,3-18,21-23H,2,19-20H2. The molecule has 28 heavy (non-hydrogen) atoms. The summed E-state index contributed by atoms with van der Waals surface area (Å²) in [6.45, 7) is 0. The average Bonchev–Trinajstić information content (AvgIpc) is 3.54. The minimum absolute atomic E-state index is 0.254. The molecule has 2 aromatic rings. The van der Waals surface area contributed by atoms with Crippen LogP contribution in [0.4, 0.5) is 0 Å². The summed E-state index contributed by atoms with van der Waals surface area (Å²) in [5.74, 6) is 1.45. The highest BCUT2D eigenvalue weighted by molar-refractivity contribution is 5.62. The largest absolute Gasteiger partial charge is 0.0845 e. The lowest BCUT2D eigenvalue weighted by molar-refractivity contribution is 0.698. The average molecular weight is 363 g/mol. The van der Waals surface area contributed by atoms with Crippen LogP contribution in [0.5, 0.6) is 0 Å². The maximum Gasteiger partial charge on any atom is 0.0664 e. The van der Waals surface area contributed by atoms with Crippen LogP contribution in [0.3, 0.4) is 0 Å². The van der Waals surface area contributed by atoms with Crippen LogP contribution in [0.1, 0.15) is 30.4 Å². The molecule has 2 atom stereocenters. The molecule has 0 saturated heterocycles. The van der Waals surface area contributed by atoms with E-state index in [0.29, 0.717) is 5.92 Å². The van der Waals surface area contributed by atoms with Crippen LogP contribution in [0, 0.1) is 11.8 Å². The van der Waals surface area contributed by atoms with E-state index in [1.807, 2.05) is 0 Å². The molecule has 0 nitrogen and oxygen atoms in total. The molecule has 138 valence electrons. The maximum absolute atomic E-state index is 2.59. The van der Waals surface area contributed by atoms with Gasteiger partial charge < -0.3 is 0 Å². The molecular weight excluding hydrogens is 336 g/mol. The monoisotopic (exact) mass is 362 g/mol. The van der Waals surface area contributed by atoms with Gasteiger partial charge in [-0.25, -0.2) is 0 Å². The molecule has 3 aliphatic rings. The molecule has 2 aromatic carbocycles. The number of fused-ring (bicyclic) bond motifs is 1. The number of allylic oxidation sites excluding steroid dienone is 10. The van der Waals surface area contributed by atoms with Crippen molar-refractivity contribution in [1.82, 2.24) is 0 Å². The summed E-state index contributed by atoms with van der Waals surface area (Å²) in [5, 5.41) is 0. The molecular formula is C28H26. The third-order valence-corrected chi connectivity index (χ3v) is 6.34. The topological polar surface area (TPSA) is 0 Å². The molecule has 0 bridgehead atoms. The highest BCUT2D eigenvalue weighted by atomic mass is 14.5. The van der Waals surface area contributed by atoms with E-state index in [1.165, 1.54) is 28.7 Å². The smallest absolute Gasteiger partial charge is 0.0664 e. The minimum atomic E-state index is -0.254. The Labute approximate surface area is 168 Å². The maximum atomic E-state index is 2.59. The molecule has 5 rings (SSSR count). The van der Waals surface area contributed by atoms with E-state index in [2.05, 4.69) is 109 Å². The minimum Gasteiger partial charge on any atom is -0.0845 e. The number of hydrogen-bond acceptors (Lipinski definition) is 0. The zero-order valence-corrected chi connectivity index (χ0v) is 16.2. The zero-order valence-electron chi connectivity index (χ0n) is 16.2. The Morgan fingerprint density at radius 3 is 2.18 bits per heavy atom. The molecule has 0 aromatic heterocycles. The Morgan fingerprint density at radius 1 is 0.750 bits per heavy atom. The summed E-state index contributed by atoms with van der Waals surface area (Å²) in [7, 11) is 0. The Hall–Kier alpha value is -2.86. The van der Waals surface area contributed by atoms with Crippen LogP contribution in [0.25, 0.3) is 0 Å². The summed E-state index contributed by atoms with van der Waals surface area (Å²) >= 11 is 0. The molecule has 1 saturated carbocycles. The van der Waals surface area contributed by atoms with Crippen molar-refractivity contribution in [1.29, 1.82) is 0 Å². The van der Waals surface area contributed by atoms with Gasteiger partial charge in [0.2, 0.25) is 0 Å². The molecule has 0 heteroatoms. The fraction of sp³-hybridized carbons (Fsp3) is 0.214. The zero-order chi connectivity index (χ0) is 18.8. The van der Waals surface area contributed by atoms with E-state index in [1.54, 1.807) is 0 Å². The first-order valence-corrected chi connectivity index (χ1v) is 10.4. The second-order valence-corrected chi connectivity index (χ2v) is 8.06. The first kappa shape index (κ1) is 17.3. The lowest BCUT2D eigenvalue weighted by Gasteiger charge is -2.39. The second kappa shape index (κ2) is 7.28.